The number of aromatic nitrogens is 2. The van der Waals surface area contributed by atoms with Gasteiger partial charge in [0.1, 0.15) is 17.8 Å². The second-order valence-corrected chi connectivity index (χ2v) is 5.80. The van der Waals surface area contributed by atoms with Crippen LogP contribution in [0, 0.1) is 24.4 Å². The van der Waals surface area contributed by atoms with Gasteiger partial charge >= 0.3 is 0 Å². The number of amides is 1. The Balaban J connectivity index is 1.70. The fourth-order valence-corrected chi connectivity index (χ4v) is 2.29. The maximum Gasteiger partial charge on any atom is 0.274 e. The maximum atomic E-state index is 13.7. The highest BCUT2D eigenvalue weighted by Crippen LogP contribution is 2.20. The van der Waals surface area contributed by atoms with Gasteiger partial charge in [-0.05, 0) is 24.6 Å². The summed E-state index contributed by atoms with van der Waals surface area (Å²) >= 11 is 0. The summed E-state index contributed by atoms with van der Waals surface area (Å²) in [6.45, 7) is 2.47. The SMILES string of the molecule is Cc1ccc(CNc2cc(C(=O)Nc3ccc(F)c(F)c3F)ncn2)cc1. The van der Waals surface area contributed by atoms with Crippen LogP contribution in [-0.2, 0) is 6.54 Å². The van der Waals surface area contributed by atoms with E-state index in [1.807, 2.05) is 31.2 Å². The van der Waals surface area contributed by atoms with Crippen LogP contribution in [-0.4, -0.2) is 15.9 Å². The van der Waals surface area contributed by atoms with E-state index in [9.17, 15) is 18.0 Å². The molecule has 0 fully saturated rings. The third-order valence-electron chi connectivity index (χ3n) is 3.78. The number of nitrogens with zero attached hydrogens (tertiary/aromatic N) is 2. The Bertz CT molecular complexity index is 977. The molecular formula is C19H15F3N4O. The van der Waals surface area contributed by atoms with Crippen molar-refractivity contribution >= 4 is 17.4 Å². The van der Waals surface area contributed by atoms with Gasteiger partial charge in [0.05, 0.1) is 5.69 Å². The molecule has 3 aromatic rings. The average Bonchev–Trinajstić information content (AvgIpc) is 2.68. The van der Waals surface area contributed by atoms with Gasteiger partial charge in [-0.25, -0.2) is 23.1 Å². The molecule has 0 saturated heterocycles. The third-order valence-corrected chi connectivity index (χ3v) is 3.78. The van der Waals surface area contributed by atoms with Crippen molar-refractivity contribution in [2.45, 2.75) is 13.5 Å². The first kappa shape index (κ1) is 18.4. The van der Waals surface area contributed by atoms with Crippen LogP contribution < -0.4 is 10.6 Å². The third kappa shape index (κ3) is 4.41. The van der Waals surface area contributed by atoms with E-state index in [4.69, 9.17) is 0 Å². The van der Waals surface area contributed by atoms with Gasteiger partial charge in [-0.1, -0.05) is 29.8 Å². The molecule has 0 aliphatic carbocycles. The Kier molecular flexibility index (Phi) is 5.35. The molecule has 5 nitrogen and oxygen atoms in total. The summed E-state index contributed by atoms with van der Waals surface area (Å²) in [7, 11) is 0. The Morgan fingerprint density at radius 2 is 1.74 bits per heavy atom. The first-order valence-electron chi connectivity index (χ1n) is 8.00. The number of anilines is 2. The topological polar surface area (TPSA) is 66.9 Å². The van der Waals surface area contributed by atoms with Crippen LogP contribution in [0.3, 0.4) is 0 Å². The Morgan fingerprint density at radius 3 is 2.48 bits per heavy atom. The lowest BCUT2D eigenvalue weighted by molar-refractivity contribution is 0.102. The number of hydrogen-bond acceptors (Lipinski definition) is 4. The second kappa shape index (κ2) is 7.86. The minimum absolute atomic E-state index is 0.0551. The van der Waals surface area contributed by atoms with E-state index >= 15 is 0 Å². The molecule has 2 N–H and O–H groups in total. The number of aryl methyl sites for hydroxylation is 1. The highest BCUT2D eigenvalue weighted by molar-refractivity contribution is 6.03. The quantitative estimate of drug-likeness (QED) is 0.663. The van der Waals surface area contributed by atoms with E-state index in [1.54, 1.807) is 0 Å². The molecule has 0 aliphatic rings. The van der Waals surface area contributed by atoms with Gasteiger partial charge in [0, 0.05) is 12.6 Å². The van der Waals surface area contributed by atoms with Gasteiger partial charge in [0.25, 0.3) is 5.91 Å². The van der Waals surface area contributed by atoms with Crippen molar-refractivity contribution in [3.63, 3.8) is 0 Å². The van der Waals surface area contributed by atoms with Crippen LogP contribution in [0.2, 0.25) is 0 Å². The van der Waals surface area contributed by atoms with Crippen molar-refractivity contribution in [2.75, 3.05) is 10.6 Å². The lowest BCUT2D eigenvalue weighted by Crippen LogP contribution is -2.16. The fraction of sp³-hybridized carbons (Fsp3) is 0.105. The number of carbonyl (C=O) groups is 1. The molecule has 0 spiro atoms. The first-order valence-corrected chi connectivity index (χ1v) is 8.00. The highest BCUT2D eigenvalue weighted by Gasteiger charge is 2.17. The van der Waals surface area contributed by atoms with Crippen molar-refractivity contribution in [3.8, 4) is 0 Å². The van der Waals surface area contributed by atoms with E-state index < -0.39 is 29.0 Å². The molecule has 1 aromatic heterocycles. The summed E-state index contributed by atoms with van der Waals surface area (Å²) in [4.78, 5) is 20.1. The van der Waals surface area contributed by atoms with Crippen LogP contribution in [0.5, 0.6) is 0 Å². The number of rotatable bonds is 5. The molecule has 1 heterocycles. The molecule has 0 saturated carbocycles. The van der Waals surface area contributed by atoms with E-state index in [0.717, 1.165) is 23.3 Å². The highest BCUT2D eigenvalue weighted by atomic mass is 19.2. The minimum atomic E-state index is -1.66. The van der Waals surface area contributed by atoms with Crippen LogP contribution in [0.1, 0.15) is 21.6 Å². The van der Waals surface area contributed by atoms with Gasteiger partial charge in [-0.2, -0.15) is 0 Å². The van der Waals surface area contributed by atoms with E-state index in [0.29, 0.717) is 12.4 Å². The molecule has 0 aliphatic heterocycles. The van der Waals surface area contributed by atoms with Gasteiger partial charge in [0.2, 0.25) is 0 Å². The average molecular weight is 372 g/mol. The van der Waals surface area contributed by atoms with Crippen LogP contribution in [0.15, 0.2) is 48.8 Å². The van der Waals surface area contributed by atoms with Crippen molar-refractivity contribution in [1.29, 1.82) is 0 Å². The number of halogens is 3. The fourth-order valence-electron chi connectivity index (χ4n) is 2.29. The van der Waals surface area contributed by atoms with E-state index in [-0.39, 0.29) is 5.69 Å². The van der Waals surface area contributed by atoms with Crippen molar-refractivity contribution in [3.05, 3.63) is 83.1 Å². The number of carbonyl (C=O) groups excluding carboxylic acids is 1. The summed E-state index contributed by atoms with van der Waals surface area (Å²) in [6, 6.07) is 10.9. The standard InChI is InChI=1S/C19H15F3N4O/c1-11-2-4-12(5-3-11)9-23-16-8-15(24-10-25-16)19(27)26-14-7-6-13(20)17(21)18(14)22/h2-8,10H,9H2,1H3,(H,26,27)(H,23,24,25). The summed E-state index contributed by atoms with van der Waals surface area (Å²) in [5, 5.41) is 5.22. The Morgan fingerprint density at radius 1 is 1.00 bits per heavy atom. The normalized spacial score (nSPS) is 10.5. The van der Waals surface area contributed by atoms with Gasteiger partial charge in [0.15, 0.2) is 17.5 Å². The zero-order valence-corrected chi connectivity index (χ0v) is 14.3. The molecular weight excluding hydrogens is 357 g/mol. The second-order valence-electron chi connectivity index (χ2n) is 5.80. The van der Waals surface area contributed by atoms with Gasteiger partial charge in [-0.3, -0.25) is 4.79 Å². The molecule has 0 bridgehead atoms. The summed E-state index contributed by atoms with van der Waals surface area (Å²) in [5.41, 5.74) is 1.63. The minimum Gasteiger partial charge on any atom is -0.366 e. The molecule has 2 aromatic carbocycles. The van der Waals surface area contributed by atoms with Gasteiger partial charge in [-0.15, -0.1) is 0 Å². The largest absolute Gasteiger partial charge is 0.366 e. The predicted molar refractivity (Wildman–Crippen MR) is 94.8 cm³/mol. The molecule has 1 amide bonds. The van der Waals surface area contributed by atoms with Crippen LogP contribution in [0.25, 0.3) is 0 Å². The number of nitrogens with one attached hydrogen (secondary N) is 2. The molecule has 0 atom stereocenters. The zero-order chi connectivity index (χ0) is 19.4. The van der Waals surface area contributed by atoms with Crippen molar-refractivity contribution in [1.82, 2.24) is 9.97 Å². The van der Waals surface area contributed by atoms with Crippen molar-refractivity contribution in [2.24, 2.45) is 0 Å². The zero-order valence-electron chi connectivity index (χ0n) is 14.3. The molecule has 27 heavy (non-hydrogen) atoms. The monoisotopic (exact) mass is 372 g/mol. The van der Waals surface area contributed by atoms with Crippen molar-refractivity contribution < 1.29 is 18.0 Å². The van der Waals surface area contributed by atoms with E-state index in [1.165, 1.54) is 12.4 Å². The first-order chi connectivity index (χ1) is 12.9. The van der Waals surface area contributed by atoms with Crippen LogP contribution in [0.4, 0.5) is 24.7 Å². The lowest BCUT2D eigenvalue weighted by Gasteiger charge is -2.09. The molecule has 0 unspecified atom stereocenters. The smallest absolute Gasteiger partial charge is 0.274 e. The molecule has 8 heteroatoms. The summed E-state index contributed by atoms with van der Waals surface area (Å²) < 4.78 is 39.9. The van der Waals surface area contributed by atoms with E-state index in [2.05, 4.69) is 20.6 Å². The van der Waals surface area contributed by atoms with Crippen LogP contribution >= 0.6 is 0 Å². The number of benzene rings is 2. The maximum absolute atomic E-state index is 13.7. The number of hydrogen-bond donors (Lipinski definition) is 2. The summed E-state index contributed by atoms with van der Waals surface area (Å²) in [5.74, 6) is -4.86. The molecule has 0 radical (unpaired) electrons. The lowest BCUT2D eigenvalue weighted by atomic mass is 10.1. The Hall–Kier alpha value is -3.42. The predicted octanol–water partition coefficient (Wildman–Crippen LogP) is 4.07. The Labute approximate surface area is 153 Å². The molecule has 3 rings (SSSR count). The molecule has 138 valence electrons. The summed E-state index contributed by atoms with van der Waals surface area (Å²) in [6.07, 6.45) is 1.17. The van der Waals surface area contributed by atoms with Gasteiger partial charge < -0.3 is 10.6 Å².